The zero-order valence-corrected chi connectivity index (χ0v) is 13.1. The standard InChI is InChI=1S/C14H15BrN2O4/c1-19-11-5-8(6-18)4-10(15)13(11)20-7-12-16-14(17-21-12)9-2-3-9/h4-5,9,18H,2-3,6-7H2,1H3. The maximum absolute atomic E-state index is 9.19. The van der Waals surface area contributed by atoms with E-state index in [-0.39, 0.29) is 13.2 Å². The molecule has 1 aromatic heterocycles. The zero-order chi connectivity index (χ0) is 14.8. The third-order valence-electron chi connectivity index (χ3n) is 3.24. The monoisotopic (exact) mass is 354 g/mol. The van der Waals surface area contributed by atoms with E-state index in [9.17, 15) is 5.11 Å². The van der Waals surface area contributed by atoms with Gasteiger partial charge in [0.2, 0.25) is 0 Å². The normalized spacial score (nSPS) is 14.2. The lowest BCUT2D eigenvalue weighted by Gasteiger charge is -2.12. The molecule has 3 rings (SSSR count). The van der Waals surface area contributed by atoms with E-state index < -0.39 is 0 Å². The van der Waals surface area contributed by atoms with Gasteiger partial charge in [-0.1, -0.05) is 5.16 Å². The summed E-state index contributed by atoms with van der Waals surface area (Å²) in [5.41, 5.74) is 0.736. The van der Waals surface area contributed by atoms with E-state index in [0.717, 1.165) is 24.2 Å². The molecule has 1 heterocycles. The first-order valence-corrected chi connectivity index (χ1v) is 7.43. The lowest BCUT2D eigenvalue weighted by atomic mass is 10.2. The Hall–Kier alpha value is -1.60. The van der Waals surface area contributed by atoms with Gasteiger partial charge in [0.15, 0.2) is 23.9 Å². The number of methoxy groups -OCH3 is 1. The van der Waals surface area contributed by atoms with Gasteiger partial charge in [0.1, 0.15) is 0 Å². The van der Waals surface area contributed by atoms with Crippen molar-refractivity contribution in [3.8, 4) is 11.5 Å². The SMILES string of the molecule is COc1cc(CO)cc(Br)c1OCc1nc(C2CC2)no1. The second kappa shape index (κ2) is 6.03. The van der Waals surface area contributed by atoms with Crippen LogP contribution in [0.1, 0.15) is 36.0 Å². The highest BCUT2D eigenvalue weighted by Crippen LogP contribution is 2.39. The number of rotatable bonds is 6. The van der Waals surface area contributed by atoms with Crippen LogP contribution in [0, 0.1) is 0 Å². The number of halogens is 1. The summed E-state index contributed by atoms with van der Waals surface area (Å²) in [5, 5.41) is 13.1. The van der Waals surface area contributed by atoms with Crippen molar-refractivity contribution >= 4 is 15.9 Å². The van der Waals surface area contributed by atoms with Gasteiger partial charge in [0, 0.05) is 5.92 Å². The number of hydrogen-bond acceptors (Lipinski definition) is 6. The van der Waals surface area contributed by atoms with Gasteiger partial charge >= 0.3 is 0 Å². The van der Waals surface area contributed by atoms with Gasteiger partial charge < -0.3 is 19.1 Å². The third kappa shape index (κ3) is 3.19. The maximum atomic E-state index is 9.19. The van der Waals surface area contributed by atoms with Crippen LogP contribution in [-0.4, -0.2) is 22.4 Å². The maximum Gasteiger partial charge on any atom is 0.264 e. The number of aliphatic hydroxyl groups excluding tert-OH is 1. The first-order valence-electron chi connectivity index (χ1n) is 6.63. The third-order valence-corrected chi connectivity index (χ3v) is 3.83. The number of aliphatic hydroxyl groups is 1. The fourth-order valence-electron chi connectivity index (χ4n) is 1.97. The number of aromatic nitrogens is 2. The molecule has 0 bridgehead atoms. The van der Waals surface area contributed by atoms with Crippen LogP contribution in [-0.2, 0) is 13.2 Å². The van der Waals surface area contributed by atoms with Crippen LogP contribution in [0.4, 0.5) is 0 Å². The molecule has 1 aliphatic carbocycles. The molecule has 0 aliphatic heterocycles. The highest BCUT2D eigenvalue weighted by molar-refractivity contribution is 9.10. The van der Waals surface area contributed by atoms with Gasteiger partial charge in [-0.25, -0.2) is 0 Å². The molecular weight excluding hydrogens is 340 g/mol. The number of benzene rings is 1. The Labute approximate surface area is 130 Å². The molecule has 21 heavy (non-hydrogen) atoms. The molecule has 7 heteroatoms. The largest absolute Gasteiger partial charge is 0.493 e. The predicted octanol–water partition coefficient (Wildman–Crippen LogP) is 2.79. The summed E-state index contributed by atoms with van der Waals surface area (Å²) < 4.78 is 16.9. The highest BCUT2D eigenvalue weighted by atomic mass is 79.9. The average molecular weight is 355 g/mol. The van der Waals surface area contributed by atoms with E-state index in [1.807, 2.05) is 0 Å². The Morgan fingerprint density at radius 3 is 2.90 bits per heavy atom. The van der Waals surface area contributed by atoms with Crippen LogP contribution in [0.3, 0.4) is 0 Å². The molecule has 1 aliphatic rings. The molecule has 0 unspecified atom stereocenters. The Kier molecular flexibility index (Phi) is 4.12. The van der Waals surface area contributed by atoms with Crippen molar-refractivity contribution in [1.29, 1.82) is 0 Å². The molecule has 2 aromatic rings. The topological polar surface area (TPSA) is 77.6 Å². The molecule has 0 atom stereocenters. The van der Waals surface area contributed by atoms with E-state index in [1.165, 1.54) is 0 Å². The van der Waals surface area contributed by atoms with E-state index in [0.29, 0.717) is 27.8 Å². The fourth-order valence-corrected chi connectivity index (χ4v) is 2.58. The van der Waals surface area contributed by atoms with E-state index >= 15 is 0 Å². The Morgan fingerprint density at radius 1 is 1.43 bits per heavy atom. The number of hydrogen-bond donors (Lipinski definition) is 1. The minimum atomic E-state index is -0.0658. The van der Waals surface area contributed by atoms with Gasteiger partial charge in [0.05, 0.1) is 18.2 Å². The lowest BCUT2D eigenvalue weighted by molar-refractivity contribution is 0.231. The predicted molar refractivity (Wildman–Crippen MR) is 77.2 cm³/mol. The van der Waals surface area contributed by atoms with Crippen LogP contribution in [0.5, 0.6) is 11.5 Å². The zero-order valence-electron chi connectivity index (χ0n) is 11.5. The second-order valence-electron chi connectivity index (χ2n) is 4.88. The van der Waals surface area contributed by atoms with Gasteiger partial charge in [-0.3, -0.25) is 0 Å². The quantitative estimate of drug-likeness (QED) is 0.859. The summed E-state index contributed by atoms with van der Waals surface area (Å²) in [6, 6.07) is 3.50. The fraction of sp³-hybridized carbons (Fsp3) is 0.429. The first-order chi connectivity index (χ1) is 10.2. The van der Waals surface area contributed by atoms with Gasteiger partial charge in [0.25, 0.3) is 5.89 Å². The van der Waals surface area contributed by atoms with Crippen LogP contribution < -0.4 is 9.47 Å². The van der Waals surface area contributed by atoms with Crippen molar-refractivity contribution in [3.63, 3.8) is 0 Å². The molecule has 0 saturated heterocycles. The highest BCUT2D eigenvalue weighted by Gasteiger charge is 2.28. The Balaban J connectivity index is 1.74. The molecular formula is C14H15BrN2O4. The second-order valence-corrected chi connectivity index (χ2v) is 5.73. The molecule has 1 N–H and O–H groups in total. The van der Waals surface area contributed by atoms with Crippen molar-refractivity contribution in [1.82, 2.24) is 10.1 Å². The molecule has 1 saturated carbocycles. The average Bonchev–Trinajstić information content (AvgIpc) is 3.24. The summed E-state index contributed by atoms with van der Waals surface area (Å²) in [5.74, 6) is 2.73. The summed E-state index contributed by atoms with van der Waals surface area (Å²) in [7, 11) is 1.55. The molecule has 6 nitrogen and oxygen atoms in total. The van der Waals surface area contributed by atoms with Crippen molar-refractivity contribution in [2.75, 3.05) is 7.11 Å². The number of nitrogens with zero attached hydrogens (tertiary/aromatic N) is 2. The van der Waals surface area contributed by atoms with Gasteiger partial charge in [-0.05, 0) is 46.5 Å². The smallest absolute Gasteiger partial charge is 0.264 e. The lowest BCUT2D eigenvalue weighted by Crippen LogP contribution is -2.00. The van der Waals surface area contributed by atoms with Crippen molar-refractivity contribution in [3.05, 3.63) is 33.9 Å². The Morgan fingerprint density at radius 2 is 2.24 bits per heavy atom. The molecule has 112 valence electrons. The summed E-state index contributed by atoms with van der Waals surface area (Å²) >= 11 is 3.41. The summed E-state index contributed by atoms with van der Waals surface area (Å²) in [4.78, 5) is 4.31. The van der Waals surface area contributed by atoms with Crippen molar-refractivity contribution in [2.45, 2.75) is 32.0 Å². The van der Waals surface area contributed by atoms with Crippen molar-refractivity contribution < 1.29 is 19.1 Å². The van der Waals surface area contributed by atoms with Crippen LogP contribution in [0.25, 0.3) is 0 Å². The summed E-state index contributed by atoms with van der Waals surface area (Å²) in [6.07, 6.45) is 2.25. The van der Waals surface area contributed by atoms with E-state index in [4.69, 9.17) is 14.0 Å². The Bertz CT molecular complexity index is 640. The molecule has 1 fully saturated rings. The molecule has 0 spiro atoms. The molecule has 0 amide bonds. The van der Waals surface area contributed by atoms with Gasteiger partial charge in [-0.2, -0.15) is 4.98 Å². The minimum Gasteiger partial charge on any atom is -0.493 e. The number of ether oxygens (including phenoxy) is 2. The van der Waals surface area contributed by atoms with Crippen molar-refractivity contribution in [2.24, 2.45) is 0 Å². The van der Waals surface area contributed by atoms with E-state index in [2.05, 4.69) is 26.1 Å². The van der Waals surface area contributed by atoms with Crippen LogP contribution in [0.15, 0.2) is 21.1 Å². The van der Waals surface area contributed by atoms with Crippen LogP contribution in [0.2, 0.25) is 0 Å². The molecule has 1 aromatic carbocycles. The minimum absolute atomic E-state index is 0.0658. The summed E-state index contributed by atoms with van der Waals surface area (Å²) in [6.45, 7) is 0.108. The van der Waals surface area contributed by atoms with Gasteiger partial charge in [-0.15, -0.1) is 0 Å². The first kappa shape index (κ1) is 14.3. The molecule has 0 radical (unpaired) electrons. The van der Waals surface area contributed by atoms with Crippen LogP contribution >= 0.6 is 15.9 Å². The van der Waals surface area contributed by atoms with E-state index in [1.54, 1.807) is 19.2 Å².